The standard InChI is InChI=1S/C15H19N5O5S/c1-7(21)23-11-9(4-26-3)25-15(12(11)24-8(2)22)20-6-19-10-13(16)17-5-18-14(10)20/h5-6,9,11-12,15H,4H2,1-3H3,(H2,16,17,18). The van der Waals surface area contributed by atoms with E-state index in [9.17, 15) is 9.59 Å². The van der Waals surface area contributed by atoms with Gasteiger partial charge in [0.25, 0.3) is 0 Å². The number of anilines is 1. The van der Waals surface area contributed by atoms with E-state index >= 15 is 0 Å². The van der Waals surface area contributed by atoms with Gasteiger partial charge in [-0.1, -0.05) is 0 Å². The summed E-state index contributed by atoms with van der Waals surface area (Å²) in [6.07, 6.45) is 1.90. The van der Waals surface area contributed by atoms with Gasteiger partial charge in [-0.3, -0.25) is 14.2 Å². The monoisotopic (exact) mass is 381 g/mol. The lowest BCUT2D eigenvalue weighted by Crippen LogP contribution is -2.39. The number of hydrogen-bond donors (Lipinski definition) is 1. The van der Waals surface area contributed by atoms with Crippen molar-refractivity contribution in [2.45, 2.75) is 38.4 Å². The van der Waals surface area contributed by atoms with E-state index in [-0.39, 0.29) is 5.82 Å². The number of rotatable bonds is 5. The van der Waals surface area contributed by atoms with E-state index in [1.165, 1.54) is 38.3 Å². The van der Waals surface area contributed by atoms with Crippen LogP contribution in [0.2, 0.25) is 0 Å². The fourth-order valence-corrected chi connectivity index (χ4v) is 3.53. The van der Waals surface area contributed by atoms with Gasteiger partial charge < -0.3 is 19.9 Å². The third kappa shape index (κ3) is 3.44. The summed E-state index contributed by atoms with van der Waals surface area (Å²) in [5.41, 5.74) is 6.67. The van der Waals surface area contributed by atoms with Crippen LogP contribution in [0.25, 0.3) is 11.2 Å². The van der Waals surface area contributed by atoms with Gasteiger partial charge in [-0.05, 0) is 6.26 Å². The molecule has 3 rings (SSSR count). The molecule has 140 valence electrons. The molecule has 2 aromatic heterocycles. The van der Waals surface area contributed by atoms with Crippen molar-refractivity contribution < 1.29 is 23.8 Å². The summed E-state index contributed by atoms with van der Waals surface area (Å²) in [6, 6.07) is 0. The Balaban J connectivity index is 2.03. The van der Waals surface area contributed by atoms with Crippen molar-refractivity contribution in [3.63, 3.8) is 0 Å². The van der Waals surface area contributed by atoms with Crippen molar-refractivity contribution in [3.8, 4) is 0 Å². The molecule has 4 atom stereocenters. The highest BCUT2D eigenvalue weighted by Crippen LogP contribution is 2.36. The maximum absolute atomic E-state index is 11.6. The first-order chi connectivity index (χ1) is 12.4. The van der Waals surface area contributed by atoms with Gasteiger partial charge in [-0.2, -0.15) is 11.8 Å². The lowest BCUT2D eigenvalue weighted by molar-refractivity contribution is -0.165. The average Bonchev–Trinajstić information content (AvgIpc) is 3.12. The molecule has 4 unspecified atom stereocenters. The molecule has 0 amide bonds. The maximum Gasteiger partial charge on any atom is 0.303 e. The number of fused-ring (bicyclic) bond motifs is 1. The van der Waals surface area contributed by atoms with Crippen LogP contribution in [-0.2, 0) is 23.8 Å². The second kappa shape index (κ2) is 7.46. The molecule has 1 saturated heterocycles. The van der Waals surface area contributed by atoms with Crippen LogP contribution in [-0.4, -0.2) is 61.8 Å². The summed E-state index contributed by atoms with van der Waals surface area (Å²) < 4.78 is 18.5. The number of nitrogens with two attached hydrogens (primary N) is 1. The number of nitrogen functional groups attached to an aromatic ring is 1. The molecule has 0 bridgehead atoms. The van der Waals surface area contributed by atoms with E-state index in [2.05, 4.69) is 15.0 Å². The molecule has 1 fully saturated rings. The SMILES string of the molecule is CSCC1OC(n2cnc3c(N)ncnc32)C(OC(C)=O)C1OC(C)=O. The van der Waals surface area contributed by atoms with Crippen LogP contribution < -0.4 is 5.73 Å². The molecule has 2 aromatic rings. The van der Waals surface area contributed by atoms with Crippen molar-refractivity contribution in [2.24, 2.45) is 0 Å². The smallest absolute Gasteiger partial charge is 0.303 e. The largest absolute Gasteiger partial charge is 0.456 e. The van der Waals surface area contributed by atoms with E-state index in [0.29, 0.717) is 16.9 Å². The molecule has 0 saturated carbocycles. The molecule has 11 heteroatoms. The molecule has 3 heterocycles. The van der Waals surface area contributed by atoms with Gasteiger partial charge in [0.05, 0.1) is 6.33 Å². The van der Waals surface area contributed by atoms with Crippen LogP contribution in [0.3, 0.4) is 0 Å². The van der Waals surface area contributed by atoms with Gasteiger partial charge in [0, 0.05) is 19.6 Å². The molecule has 0 aromatic carbocycles. The Labute approximate surface area is 153 Å². The quantitative estimate of drug-likeness (QED) is 0.732. The third-order valence-corrected chi connectivity index (χ3v) is 4.54. The van der Waals surface area contributed by atoms with E-state index in [0.717, 1.165) is 0 Å². The predicted octanol–water partition coefficient (Wildman–Crippen LogP) is 0.532. The zero-order chi connectivity index (χ0) is 18.8. The van der Waals surface area contributed by atoms with E-state index in [1.54, 1.807) is 4.57 Å². The van der Waals surface area contributed by atoms with E-state index in [4.69, 9.17) is 19.9 Å². The van der Waals surface area contributed by atoms with Gasteiger partial charge in [-0.25, -0.2) is 15.0 Å². The van der Waals surface area contributed by atoms with Crippen LogP contribution in [0.5, 0.6) is 0 Å². The van der Waals surface area contributed by atoms with Crippen LogP contribution in [0, 0.1) is 0 Å². The normalized spacial score (nSPS) is 25.3. The topological polar surface area (TPSA) is 131 Å². The van der Waals surface area contributed by atoms with E-state index < -0.39 is 36.5 Å². The summed E-state index contributed by atoms with van der Waals surface area (Å²) >= 11 is 1.53. The first-order valence-corrected chi connectivity index (χ1v) is 9.23. The third-order valence-electron chi connectivity index (χ3n) is 3.88. The van der Waals surface area contributed by atoms with Crippen LogP contribution in [0.4, 0.5) is 5.82 Å². The number of imidazole rings is 1. The number of nitrogens with zero attached hydrogens (tertiary/aromatic N) is 4. The average molecular weight is 381 g/mol. The highest BCUT2D eigenvalue weighted by molar-refractivity contribution is 7.98. The molecule has 0 radical (unpaired) electrons. The van der Waals surface area contributed by atoms with Crippen LogP contribution in [0.15, 0.2) is 12.7 Å². The van der Waals surface area contributed by atoms with Crippen molar-refractivity contribution in [1.29, 1.82) is 0 Å². The van der Waals surface area contributed by atoms with Gasteiger partial charge in [0.1, 0.15) is 17.9 Å². The molecule has 0 spiro atoms. The number of carbonyl (C=O) groups is 2. The molecule has 2 N–H and O–H groups in total. The van der Waals surface area contributed by atoms with E-state index in [1.807, 2.05) is 6.26 Å². The molecule has 0 aliphatic carbocycles. The minimum Gasteiger partial charge on any atom is -0.456 e. The Morgan fingerprint density at radius 3 is 2.58 bits per heavy atom. The van der Waals surface area contributed by atoms with Gasteiger partial charge in [0.2, 0.25) is 0 Å². The first kappa shape index (κ1) is 18.4. The zero-order valence-electron chi connectivity index (χ0n) is 14.5. The molecular weight excluding hydrogens is 362 g/mol. The fourth-order valence-electron chi connectivity index (χ4n) is 2.94. The van der Waals surface area contributed by atoms with Crippen molar-refractivity contribution in [1.82, 2.24) is 19.5 Å². The van der Waals surface area contributed by atoms with Gasteiger partial charge in [0.15, 0.2) is 29.9 Å². The highest BCUT2D eigenvalue weighted by atomic mass is 32.2. The lowest BCUT2D eigenvalue weighted by atomic mass is 10.1. The number of esters is 2. The van der Waals surface area contributed by atoms with Gasteiger partial charge in [-0.15, -0.1) is 0 Å². The minimum atomic E-state index is -0.845. The Kier molecular flexibility index (Phi) is 5.28. The Bertz CT molecular complexity index is 828. The Hall–Kier alpha value is -2.40. The summed E-state index contributed by atoms with van der Waals surface area (Å²) in [4.78, 5) is 35.5. The van der Waals surface area contributed by atoms with Crippen LogP contribution in [0.1, 0.15) is 20.1 Å². The summed E-state index contributed by atoms with van der Waals surface area (Å²) in [7, 11) is 0. The number of ether oxygens (including phenoxy) is 3. The predicted molar refractivity (Wildman–Crippen MR) is 93.1 cm³/mol. The van der Waals surface area contributed by atoms with Crippen molar-refractivity contribution >= 4 is 40.7 Å². The maximum atomic E-state index is 11.6. The first-order valence-electron chi connectivity index (χ1n) is 7.84. The number of carbonyl (C=O) groups excluding carboxylic acids is 2. The second-order valence-corrected chi connectivity index (χ2v) is 6.66. The Morgan fingerprint density at radius 1 is 1.23 bits per heavy atom. The number of aromatic nitrogens is 4. The van der Waals surface area contributed by atoms with Gasteiger partial charge >= 0.3 is 11.9 Å². The number of hydrogen-bond acceptors (Lipinski definition) is 10. The molecular formula is C15H19N5O5S. The molecule has 1 aliphatic heterocycles. The molecule has 10 nitrogen and oxygen atoms in total. The van der Waals surface area contributed by atoms with Crippen molar-refractivity contribution in [2.75, 3.05) is 17.7 Å². The zero-order valence-corrected chi connectivity index (χ0v) is 15.3. The highest BCUT2D eigenvalue weighted by Gasteiger charge is 2.50. The fraction of sp³-hybridized carbons (Fsp3) is 0.533. The van der Waals surface area contributed by atoms with Crippen LogP contribution >= 0.6 is 11.8 Å². The molecule has 26 heavy (non-hydrogen) atoms. The summed E-state index contributed by atoms with van der Waals surface area (Å²) in [5.74, 6) is -0.211. The van der Waals surface area contributed by atoms with Crippen molar-refractivity contribution in [3.05, 3.63) is 12.7 Å². The summed E-state index contributed by atoms with van der Waals surface area (Å²) in [5, 5.41) is 0. The molecule has 1 aliphatic rings. The Morgan fingerprint density at radius 2 is 1.92 bits per heavy atom. The lowest BCUT2D eigenvalue weighted by Gasteiger charge is -2.23. The minimum absolute atomic E-state index is 0.230. The summed E-state index contributed by atoms with van der Waals surface area (Å²) in [6.45, 7) is 2.59. The second-order valence-electron chi connectivity index (χ2n) is 5.75. The number of thioether (sulfide) groups is 1.